The van der Waals surface area contributed by atoms with Gasteiger partial charge in [-0.1, -0.05) is 133 Å². The van der Waals surface area contributed by atoms with Crippen LogP contribution in [0.4, 0.5) is 0 Å². The zero-order valence-corrected chi connectivity index (χ0v) is 25.4. The Morgan fingerprint density at radius 1 is 0.444 bits per heavy atom. The van der Waals surface area contributed by atoms with Crippen LogP contribution in [0.3, 0.4) is 0 Å². The molecular weight excluding hydrogens is 561 g/mol. The Labute approximate surface area is 265 Å². The fourth-order valence-electron chi connectivity index (χ4n) is 8.14. The molecule has 8 aromatic carbocycles. The Balaban J connectivity index is 1.32. The first-order valence-electron chi connectivity index (χ1n) is 15.8. The zero-order chi connectivity index (χ0) is 29.5. The summed E-state index contributed by atoms with van der Waals surface area (Å²) in [4.78, 5) is 0. The summed E-state index contributed by atoms with van der Waals surface area (Å²) in [5.41, 5.74) is 9.70. The molecule has 0 saturated carbocycles. The highest BCUT2D eigenvalue weighted by molar-refractivity contribution is 7.26. The lowest BCUT2D eigenvalue weighted by Gasteiger charge is -2.31. The van der Waals surface area contributed by atoms with Gasteiger partial charge in [-0.2, -0.15) is 0 Å². The first-order chi connectivity index (χ1) is 22.3. The van der Waals surface area contributed by atoms with Crippen molar-refractivity contribution >= 4 is 63.8 Å². The second-order valence-corrected chi connectivity index (χ2v) is 13.4. The van der Waals surface area contributed by atoms with Crippen molar-refractivity contribution in [3.05, 3.63) is 168 Å². The van der Waals surface area contributed by atoms with Gasteiger partial charge in [-0.15, -0.1) is 11.3 Å². The smallest absolute Gasteiger partial charge is 0.0362 e. The van der Waals surface area contributed by atoms with Gasteiger partial charge in [-0.25, -0.2) is 0 Å². The van der Waals surface area contributed by atoms with E-state index in [1.165, 1.54) is 91.4 Å². The second-order valence-electron chi connectivity index (χ2n) is 12.4. The van der Waals surface area contributed by atoms with E-state index in [0.717, 1.165) is 6.42 Å². The molecule has 0 nitrogen and oxygen atoms in total. The van der Waals surface area contributed by atoms with Crippen molar-refractivity contribution in [3.63, 3.8) is 0 Å². The quantitative estimate of drug-likeness (QED) is 0.176. The fraction of sp³-hybridized carbons (Fsp3) is 0.0455. The molecule has 0 N–H and O–H groups in total. The van der Waals surface area contributed by atoms with Gasteiger partial charge < -0.3 is 0 Å². The Morgan fingerprint density at radius 2 is 1.04 bits per heavy atom. The van der Waals surface area contributed by atoms with Crippen LogP contribution in [0.15, 0.2) is 152 Å². The molecule has 1 aliphatic carbocycles. The van der Waals surface area contributed by atoms with Gasteiger partial charge in [0.25, 0.3) is 0 Å². The third kappa shape index (κ3) is 3.65. The van der Waals surface area contributed by atoms with E-state index in [2.05, 4.69) is 152 Å². The summed E-state index contributed by atoms with van der Waals surface area (Å²) < 4.78 is 2.69. The number of hydrogen-bond donors (Lipinski definition) is 0. The van der Waals surface area contributed by atoms with Crippen molar-refractivity contribution in [1.29, 1.82) is 0 Å². The van der Waals surface area contributed by atoms with Gasteiger partial charge in [0, 0.05) is 26.1 Å². The largest absolute Gasteiger partial charge is 0.135 e. The molecule has 1 atom stereocenters. The third-order valence-corrected chi connectivity index (χ3v) is 11.1. The number of fused-ring (bicyclic) bond motifs is 9. The molecule has 9 aromatic rings. The molecule has 1 aliphatic rings. The normalized spacial score (nSPS) is 14.4. The van der Waals surface area contributed by atoms with E-state index in [1.807, 2.05) is 11.3 Å². The SMILES string of the molecule is c1ccc2c(c1)CC(c1c3ccccc3c(-c3cccc4sc5cc6ccccc6cc5c34)c3ccccc13)c1ccccc1-2. The van der Waals surface area contributed by atoms with Crippen LogP contribution in [-0.2, 0) is 6.42 Å². The van der Waals surface area contributed by atoms with Crippen molar-refractivity contribution in [2.24, 2.45) is 0 Å². The number of hydrogen-bond acceptors (Lipinski definition) is 1. The van der Waals surface area contributed by atoms with Crippen LogP contribution in [0.2, 0.25) is 0 Å². The first kappa shape index (κ1) is 25.1. The van der Waals surface area contributed by atoms with Gasteiger partial charge in [0.1, 0.15) is 0 Å². The molecule has 0 amide bonds. The lowest BCUT2D eigenvalue weighted by molar-refractivity contribution is 0.806. The van der Waals surface area contributed by atoms with E-state index in [4.69, 9.17) is 0 Å². The summed E-state index contributed by atoms with van der Waals surface area (Å²) in [5, 5.41) is 10.7. The van der Waals surface area contributed by atoms with E-state index in [1.54, 1.807) is 0 Å². The Bertz CT molecular complexity index is 2580. The lowest BCUT2D eigenvalue weighted by Crippen LogP contribution is -2.13. The van der Waals surface area contributed by atoms with Crippen molar-refractivity contribution in [1.82, 2.24) is 0 Å². The highest BCUT2D eigenvalue weighted by atomic mass is 32.1. The predicted octanol–water partition coefficient (Wildman–Crippen LogP) is 12.5. The molecule has 0 aliphatic heterocycles. The van der Waals surface area contributed by atoms with E-state index < -0.39 is 0 Å². The van der Waals surface area contributed by atoms with E-state index in [0.29, 0.717) is 0 Å². The summed E-state index contributed by atoms with van der Waals surface area (Å²) in [6.45, 7) is 0. The van der Waals surface area contributed by atoms with Gasteiger partial charge in [0.05, 0.1) is 0 Å². The molecule has 0 saturated heterocycles. The number of rotatable bonds is 2. The average Bonchev–Trinajstić information content (AvgIpc) is 3.47. The highest BCUT2D eigenvalue weighted by Crippen LogP contribution is 2.51. The fourth-order valence-corrected chi connectivity index (χ4v) is 9.30. The minimum Gasteiger partial charge on any atom is -0.135 e. The van der Waals surface area contributed by atoms with Crippen LogP contribution in [0, 0.1) is 0 Å². The summed E-state index contributed by atoms with van der Waals surface area (Å²) in [5.74, 6) is 0.268. The summed E-state index contributed by atoms with van der Waals surface area (Å²) in [6.07, 6.45) is 0.998. The number of benzene rings is 8. The summed E-state index contributed by atoms with van der Waals surface area (Å²) in [6, 6.07) is 56.8. The Hall–Kier alpha value is -5.24. The van der Waals surface area contributed by atoms with Gasteiger partial charge in [-0.3, -0.25) is 0 Å². The van der Waals surface area contributed by atoms with Crippen LogP contribution in [-0.4, -0.2) is 0 Å². The van der Waals surface area contributed by atoms with Crippen molar-refractivity contribution in [2.45, 2.75) is 12.3 Å². The molecule has 210 valence electrons. The molecule has 10 rings (SSSR count). The van der Waals surface area contributed by atoms with E-state index in [-0.39, 0.29) is 5.92 Å². The molecule has 1 heteroatoms. The molecule has 1 heterocycles. The third-order valence-electron chi connectivity index (χ3n) is 10.0. The van der Waals surface area contributed by atoms with Gasteiger partial charge in [-0.05, 0) is 95.9 Å². The Morgan fingerprint density at radius 3 is 1.82 bits per heavy atom. The summed E-state index contributed by atoms with van der Waals surface area (Å²) in [7, 11) is 0. The maximum Gasteiger partial charge on any atom is 0.0362 e. The molecule has 0 bridgehead atoms. The van der Waals surface area contributed by atoms with Crippen LogP contribution in [0.5, 0.6) is 0 Å². The maximum atomic E-state index is 2.40. The van der Waals surface area contributed by atoms with Gasteiger partial charge in [0.15, 0.2) is 0 Å². The van der Waals surface area contributed by atoms with Crippen molar-refractivity contribution < 1.29 is 0 Å². The van der Waals surface area contributed by atoms with E-state index >= 15 is 0 Å². The number of thiophene rings is 1. The minimum absolute atomic E-state index is 0.268. The molecule has 0 fully saturated rings. The van der Waals surface area contributed by atoms with E-state index in [9.17, 15) is 0 Å². The molecule has 1 unspecified atom stereocenters. The second kappa shape index (κ2) is 9.63. The van der Waals surface area contributed by atoms with Crippen LogP contribution in [0.25, 0.3) is 74.7 Å². The molecule has 1 aromatic heterocycles. The zero-order valence-electron chi connectivity index (χ0n) is 24.6. The van der Waals surface area contributed by atoms with Gasteiger partial charge >= 0.3 is 0 Å². The standard InChI is InChI=1S/C44H28S/c1-2-13-28-26-41-39(24-27(28)12-1)44-37(22-11-23-40(44)45-41)42-33-18-7-9-20-35(33)43(36-21-10-8-19-34(36)42)38-25-29-14-3-4-15-30(29)31-16-5-6-17-32(31)38/h1-24,26,38H,25H2. The summed E-state index contributed by atoms with van der Waals surface area (Å²) >= 11 is 1.91. The van der Waals surface area contributed by atoms with Gasteiger partial charge in [0.2, 0.25) is 0 Å². The van der Waals surface area contributed by atoms with Crippen LogP contribution in [0.1, 0.15) is 22.6 Å². The topological polar surface area (TPSA) is 0 Å². The Kier molecular flexibility index (Phi) is 5.38. The molecular formula is C44H28S. The first-order valence-corrected chi connectivity index (χ1v) is 16.6. The van der Waals surface area contributed by atoms with Crippen LogP contribution < -0.4 is 0 Å². The van der Waals surface area contributed by atoms with Crippen molar-refractivity contribution in [3.8, 4) is 22.3 Å². The monoisotopic (exact) mass is 588 g/mol. The minimum atomic E-state index is 0.268. The molecule has 45 heavy (non-hydrogen) atoms. The lowest BCUT2D eigenvalue weighted by atomic mass is 9.72. The maximum absolute atomic E-state index is 2.40. The highest BCUT2D eigenvalue weighted by Gasteiger charge is 2.29. The molecule has 0 spiro atoms. The average molecular weight is 589 g/mol. The van der Waals surface area contributed by atoms with Crippen molar-refractivity contribution in [2.75, 3.05) is 0 Å². The molecule has 0 radical (unpaired) electrons. The van der Waals surface area contributed by atoms with Crippen LogP contribution >= 0.6 is 11.3 Å². The predicted molar refractivity (Wildman–Crippen MR) is 195 cm³/mol.